The summed E-state index contributed by atoms with van der Waals surface area (Å²) < 4.78 is 1.96. The highest BCUT2D eigenvalue weighted by molar-refractivity contribution is 5.46. The van der Waals surface area contributed by atoms with E-state index < -0.39 is 0 Å². The number of hydrogen-bond donors (Lipinski definition) is 1. The van der Waals surface area contributed by atoms with Crippen LogP contribution < -0.4 is 5.73 Å². The van der Waals surface area contributed by atoms with Crippen LogP contribution in [-0.4, -0.2) is 9.78 Å². The maximum atomic E-state index is 5.75. The van der Waals surface area contributed by atoms with Crippen molar-refractivity contribution < 1.29 is 0 Å². The number of aromatic nitrogens is 2. The van der Waals surface area contributed by atoms with Crippen LogP contribution in [0.2, 0.25) is 0 Å². The second kappa shape index (κ2) is 2.95. The van der Waals surface area contributed by atoms with Gasteiger partial charge < -0.3 is 5.73 Å². The van der Waals surface area contributed by atoms with Crippen molar-refractivity contribution in [1.82, 2.24) is 9.78 Å². The summed E-state index contributed by atoms with van der Waals surface area (Å²) in [6.07, 6.45) is 1.10. The lowest BCUT2D eigenvalue weighted by molar-refractivity contribution is 0.583. The van der Waals surface area contributed by atoms with Crippen LogP contribution in [0.5, 0.6) is 0 Å². The van der Waals surface area contributed by atoms with Crippen LogP contribution in [0.15, 0.2) is 0 Å². The molecule has 0 unspecified atom stereocenters. The van der Waals surface area contributed by atoms with Gasteiger partial charge in [-0.3, -0.25) is 4.68 Å². The molecule has 1 aromatic rings. The standard InChI is InChI=1S/C8H15N3/c1-4-5-11-7(3)8(9)6(2)10-11/h4-5,9H2,1-3H3. The van der Waals surface area contributed by atoms with Gasteiger partial charge in [0.15, 0.2) is 0 Å². The first kappa shape index (κ1) is 8.11. The lowest BCUT2D eigenvalue weighted by Crippen LogP contribution is -2.01. The molecule has 0 aliphatic carbocycles. The molecule has 0 aliphatic rings. The highest BCUT2D eigenvalue weighted by Gasteiger charge is 2.05. The van der Waals surface area contributed by atoms with E-state index in [4.69, 9.17) is 5.73 Å². The van der Waals surface area contributed by atoms with Gasteiger partial charge in [-0.2, -0.15) is 5.10 Å². The highest BCUT2D eigenvalue weighted by Crippen LogP contribution is 2.14. The van der Waals surface area contributed by atoms with Gasteiger partial charge in [0, 0.05) is 6.54 Å². The molecule has 0 aromatic carbocycles. The summed E-state index contributed by atoms with van der Waals surface area (Å²) in [6.45, 7) is 7.04. The first-order chi connectivity index (χ1) is 5.16. The molecule has 62 valence electrons. The number of nitrogens with zero attached hydrogens (tertiary/aromatic N) is 2. The molecule has 3 nitrogen and oxygen atoms in total. The second-order valence-corrected chi connectivity index (χ2v) is 2.81. The topological polar surface area (TPSA) is 43.8 Å². The van der Waals surface area contributed by atoms with Crippen LogP contribution in [0.4, 0.5) is 5.69 Å². The van der Waals surface area contributed by atoms with Crippen molar-refractivity contribution in [3.05, 3.63) is 11.4 Å². The van der Waals surface area contributed by atoms with Gasteiger partial charge in [-0.15, -0.1) is 0 Å². The zero-order valence-electron chi connectivity index (χ0n) is 7.39. The van der Waals surface area contributed by atoms with Crippen molar-refractivity contribution >= 4 is 5.69 Å². The Hall–Kier alpha value is -0.990. The molecule has 0 radical (unpaired) electrons. The van der Waals surface area contributed by atoms with Crippen molar-refractivity contribution in [2.75, 3.05) is 5.73 Å². The average molecular weight is 153 g/mol. The van der Waals surface area contributed by atoms with Crippen LogP contribution in [0, 0.1) is 13.8 Å². The maximum absolute atomic E-state index is 5.75. The smallest absolute Gasteiger partial charge is 0.0825 e. The van der Waals surface area contributed by atoms with Gasteiger partial charge in [-0.05, 0) is 20.3 Å². The molecule has 11 heavy (non-hydrogen) atoms. The van der Waals surface area contributed by atoms with E-state index in [1.54, 1.807) is 0 Å². The Morgan fingerprint density at radius 2 is 2.09 bits per heavy atom. The molecule has 0 fully saturated rings. The van der Waals surface area contributed by atoms with Crippen molar-refractivity contribution in [2.45, 2.75) is 33.7 Å². The Labute approximate surface area is 67.2 Å². The molecular weight excluding hydrogens is 138 g/mol. The summed E-state index contributed by atoms with van der Waals surface area (Å²) in [7, 11) is 0. The molecule has 1 rings (SSSR count). The summed E-state index contributed by atoms with van der Waals surface area (Å²) in [5.74, 6) is 0. The van der Waals surface area contributed by atoms with E-state index in [1.807, 2.05) is 18.5 Å². The predicted octanol–water partition coefficient (Wildman–Crippen LogP) is 1.49. The quantitative estimate of drug-likeness (QED) is 0.699. The summed E-state index contributed by atoms with van der Waals surface area (Å²) in [4.78, 5) is 0. The van der Waals surface area contributed by atoms with Gasteiger partial charge in [-0.1, -0.05) is 6.92 Å². The summed E-state index contributed by atoms with van der Waals surface area (Å²) in [6, 6.07) is 0. The van der Waals surface area contributed by atoms with Gasteiger partial charge in [-0.25, -0.2) is 0 Å². The third kappa shape index (κ3) is 1.37. The summed E-state index contributed by atoms with van der Waals surface area (Å²) in [5.41, 5.74) is 8.61. The number of nitrogen functional groups attached to an aromatic ring is 1. The Balaban J connectivity index is 2.98. The van der Waals surface area contributed by atoms with Gasteiger partial charge in [0.25, 0.3) is 0 Å². The first-order valence-corrected chi connectivity index (χ1v) is 3.96. The second-order valence-electron chi connectivity index (χ2n) is 2.81. The van der Waals surface area contributed by atoms with E-state index in [-0.39, 0.29) is 0 Å². The van der Waals surface area contributed by atoms with Gasteiger partial charge in [0.2, 0.25) is 0 Å². The first-order valence-electron chi connectivity index (χ1n) is 3.96. The summed E-state index contributed by atoms with van der Waals surface area (Å²) in [5, 5.41) is 4.29. The van der Waals surface area contributed by atoms with Crippen LogP contribution >= 0.6 is 0 Å². The largest absolute Gasteiger partial charge is 0.396 e. The van der Waals surface area contributed by atoms with E-state index in [0.29, 0.717) is 0 Å². The molecule has 0 atom stereocenters. The lowest BCUT2D eigenvalue weighted by atomic mass is 10.3. The fourth-order valence-corrected chi connectivity index (χ4v) is 1.14. The molecule has 0 bridgehead atoms. The van der Waals surface area contributed by atoms with Crippen LogP contribution in [0.25, 0.3) is 0 Å². The van der Waals surface area contributed by atoms with Crippen molar-refractivity contribution in [3.63, 3.8) is 0 Å². The fraction of sp³-hybridized carbons (Fsp3) is 0.625. The third-order valence-electron chi connectivity index (χ3n) is 1.87. The summed E-state index contributed by atoms with van der Waals surface area (Å²) >= 11 is 0. The molecule has 0 saturated heterocycles. The van der Waals surface area contributed by atoms with E-state index in [0.717, 1.165) is 30.0 Å². The van der Waals surface area contributed by atoms with E-state index >= 15 is 0 Å². The number of aryl methyl sites for hydroxylation is 2. The van der Waals surface area contributed by atoms with Crippen molar-refractivity contribution in [2.24, 2.45) is 0 Å². The zero-order valence-corrected chi connectivity index (χ0v) is 7.39. The Morgan fingerprint density at radius 1 is 1.45 bits per heavy atom. The van der Waals surface area contributed by atoms with Gasteiger partial charge >= 0.3 is 0 Å². The minimum absolute atomic E-state index is 0.832. The van der Waals surface area contributed by atoms with Crippen molar-refractivity contribution in [1.29, 1.82) is 0 Å². The van der Waals surface area contributed by atoms with Crippen LogP contribution in [0.3, 0.4) is 0 Å². The molecule has 1 aromatic heterocycles. The van der Waals surface area contributed by atoms with E-state index in [1.165, 1.54) is 0 Å². The number of rotatable bonds is 2. The Morgan fingerprint density at radius 3 is 2.45 bits per heavy atom. The SMILES string of the molecule is CCCn1nc(C)c(N)c1C. The van der Waals surface area contributed by atoms with Gasteiger partial charge in [0.1, 0.15) is 0 Å². The monoisotopic (exact) mass is 153 g/mol. The Kier molecular flexibility index (Phi) is 2.17. The molecule has 0 saturated carbocycles. The average Bonchev–Trinajstić information content (AvgIpc) is 2.19. The van der Waals surface area contributed by atoms with Gasteiger partial charge in [0.05, 0.1) is 17.1 Å². The van der Waals surface area contributed by atoms with E-state index in [9.17, 15) is 0 Å². The minimum Gasteiger partial charge on any atom is -0.396 e. The lowest BCUT2D eigenvalue weighted by Gasteiger charge is -1.99. The number of hydrogen-bond acceptors (Lipinski definition) is 2. The molecule has 1 heterocycles. The maximum Gasteiger partial charge on any atom is 0.0825 e. The third-order valence-corrected chi connectivity index (χ3v) is 1.87. The molecule has 0 spiro atoms. The molecule has 0 aliphatic heterocycles. The van der Waals surface area contributed by atoms with Crippen LogP contribution in [0.1, 0.15) is 24.7 Å². The van der Waals surface area contributed by atoms with E-state index in [2.05, 4.69) is 12.0 Å². The molecular formula is C8H15N3. The van der Waals surface area contributed by atoms with Crippen LogP contribution in [-0.2, 0) is 6.54 Å². The molecule has 0 amide bonds. The predicted molar refractivity (Wildman–Crippen MR) is 46.4 cm³/mol. The Bertz CT molecular complexity index is 250. The fourth-order valence-electron chi connectivity index (χ4n) is 1.14. The molecule has 3 heteroatoms. The number of nitrogens with two attached hydrogens (primary N) is 1. The zero-order chi connectivity index (χ0) is 8.43. The minimum atomic E-state index is 0.832. The normalized spacial score (nSPS) is 10.5. The van der Waals surface area contributed by atoms with Crippen molar-refractivity contribution in [3.8, 4) is 0 Å². The number of anilines is 1. The highest BCUT2D eigenvalue weighted by atomic mass is 15.3. The molecule has 2 N–H and O–H groups in total.